The Kier molecular flexibility index (Phi) is 7.19. The van der Waals surface area contributed by atoms with E-state index in [0.717, 1.165) is 17.1 Å². The average molecular weight is 692 g/mol. The summed E-state index contributed by atoms with van der Waals surface area (Å²) in [5.41, 5.74) is 20.8. The third-order valence-corrected chi connectivity index (χ3v) is 12.2. The fraction of sp³-hybridized carbons (Fsp3) is 0.0943. The summed E-state index contributed by atoms with van der Waals surface area (Å²) in [7, 11) is 0. The smallest absolute Gasteiger partial charge is 0.0726 e. The van der Waals surface area contributed by atoms with Crippen LogP contribution in [0.15, 0.2) is 194 Å². The van der Waals surface area contributed by atoms with Crippen molar-refractivity contribution in [3.8, 4) is 33.4 Å². The van der Waals surface area contributed by atoms with Crippen LogP contribution in [-0.2, 0) is 10.8 Å². The van der Waals surface area contributed by atoms with Crippen molar-refractivity contribution in [1.82, 2.24) is 0 Å². The summed E-state index contributed by atoms with van der Waals surface area (Å²) in [5.74, 6) is 0. The first-order valence-corrected chi connectivity index (χ1v) is 19.0. The summed E-state index contributed by atoms with van der Waals surface area (Å²) in [6.07, 6.45) is 6.56. The van der Waals surface area contributed by atoms with Crippen molar-refractivity contribution >= 4 is 22.6 Å². The zero-order valence-electron chi connectivity index (χ0n) is 31.0. The zero-order valence-corrected chi connectivity index (χ0v) is 31.0. The molecule has 258 valence electrons. The van der Waals surface area contributed by atoms with Gasteiger partial charge in [0.05, 0.1) is 11.1 Å². The molecule has 0 heterocycles. The Hall–Kier alpha value is -6.44. The molecule has 1 nitrogen and oxygen atoms in total. The molecule has 3 aliphatic carbocycles. The second-order valence-electron chi connectivity index (χ2n) is 15.2. The highest BCUT2D eigenvalue weighted by atomic mass is 15.1. The van der Waals surface area contributed by atoms with Crippen molar-refractivity contribution in [1.29, 1.82) is 0 Å². The van der Waals surface area contributed by atoms with Crippen LogP contribution in [0.1, 0.15) is 54.2 Å². The van der Waals surface area contributed by atoms with Crippen molar-refractivity contribution < 1.29 is 0 Å². The minimum atomic E-state index is -0.485. The third-order valence-electron chi connectivity index (χ3n) is 12.2. The number of hydrogen-bond acceptors (Lipinski definition) is 1. The van der Waals surface area contributed by atoms with Gasteiger partial charge in [0.25, 0.3) is 0 Å². The fourth-order valence-corrected chi connectivity index (χ4v) is 9.91. The first-order valence-electron chi connectivity index (χ1n) is 19.0. The molecule has 0 fully saturated rings. The lowest BCUT2D eigenvalue weighted by Gasteiger charge is -2.34. The van der Waals surface area contributed by atoms with Crippen LogP contribution >= 0.6 is 0 Å². The molecule has 7 aromatic rings. The molecule has 0 radical (unpaired) electrons. The molecule has 1 spiro atoms. The average Bonchev–Trinajstić information content (AvgIpc) is 3.76. The maximum Gasteiger partial charge on any atom is 0.0726 e. The van der Waals surface area contributed by atoms with E-state index in [0.29, 0.717) is 0 Å². The van der Waals surface area contributed by atoms with Gasteiger partial charge in [0, 0.05) is 22.4 Å². The van der Waals surface area contributed by atoms with E-state index in [1.54, 1.807) is 0 Å². The quantitative estimate of drug-likeness (QED) is 0.168. The van der Waals surface area contributed by atoms with E-state index < -0.39 is 5.41 Å². The monoisotopic (exact) mass is 691 g/mol. The van der Waals surface area contributed by atoms with Crippen LogP contribution in [-0.4, -0.2) is 0 Å². The Balaban J connectivity index is 1.27. The largest absolute Gasteiger partial charge is 0.310 e. The van der Waals surface area contributed by atoms with Crippen molar-refractivity contribution in [3.63, 3.8) is 0 Å². The van der Waals surface area contributed by atoms with Crippen LogP contribution in [0.4, 0.5) is 17.1 Å². The first kappa shape index (κ1) is 32.2. The van der Waals surface area contributed by atoms with Crippen LogP contribution in [0.25, 0.3) is 39.0 Å². The maximum absolute atomic E-state index is 4.36. The second-order valence-corrected chi connectivity index (χ2v) is 15.2. The minimum Gasteiger partial charge on any atom is -0.310 e. The van der Waals surface area contributed by atoms with Crippen LogP contribution < -0.4 is 4.90 Å². The van der Waals surface area contributed by atoms with Gasteiger partial charge in [0.1, 0.15) is 0 Å². The van der Waals surface area contributed by atoms with Gasteiger partial charge in [-0.2, -0.15) is 0 Å². The summed E-state index contributed by atoms with van der Waals surface area (Å²) in [4.78, 5) is 2.49. The van der Waals surface area contributed by atoms with Crippen LogP contribution in [0.5, 0.6) is 0 Å². The molecular formula is C53H41N. The van der Waals surface area contributed by atoms with Gasteiger partial charge >= 0.3 is 0 Å². The van der Waals surface area contributed by atoms with E-state index in [2.05, 4.69) is 214 Å². The number of benzene rings is 7. The van der Waals surface area contributed by atoms with Crippen molar-refractivity contribution in [2.45, 2.75) is 31.6 Å². The zero-order chi connectivity index (χ0) is 36.6. The Labute approximate surface area is 318 Å². The van der Waals surface area contributed by atoms with Gasteiger partial charge in [-0.1, -0.05) is 172 Å². The van der Waals surface area contributed by atoms with Crippen molar-refractivity contribution in [2.75, 3.05) is 4.90 Å². The lowest BCUT2D eigenvalue weighted by molar-refractivity contribution is 0.660. The number of para-hydroxylation sites is 1. The summed E-state index contributed by atoms with van der Waals surface area (Å²) >= 11 is 0. The number of rotatable bonds is 6. The highest BCUT2D eigenvalue weighted by molar-refractivity contribution is 5.99. The molecule has 3 aliphatic rings. The van der Waals surface area contributed by atoms with Gasteiger partial charge in [0.15, 0.2) is 0 Å². The van der Waals surface area contributed by atoms with E-state index in [4.69, 9.17) is 0 Å². The van der Waals surface area contributed by atoms with E-state index in [1.165, 1.54) is 77.9 Å². The molecule has 7 aromatic carbocycles. The summed E-state index contributed by atoms with van der Waals surface area (Å²) in [6.45, 7) is 11.2. The van der Waals surface area contributed by atoms with Crippen molar-refractivity contribution in [3.05, 3.63) is 228 Å². The molecule has 0 amide bonds. The Morgan fingerprint density at radius 2 is 0.981 bits per heavy atom. The number of anilines is 3. The van der Waals surface area contributed by atoms with Gasteiger partial charge in [0.2, 0.25) is 0 Å². The third kappa shape index (κ3) is 4.33. The second kappa shape index (κ2) is 12.0. The first-order chi connectivity index (χ1) is 26.5. The van der Waals surface area contributed by atoms with Crippen LogP contribution in [0, 0.1) is 0 Å². The Morgan fingerprint density at radius 1 is 0.481 bits per heavy atom. The molecule has 1 heteroatoms. The Bertz CT molecular complexity index is 2720. The van der Waals surface area contributed by atoms with E-state index in [-0.39, 0.29) is 5.41 Å². The predicted molar refractivity (Wildman–Crippen MR) is 228 cm³/mol. The summed E-state index contributed by atoms with van der Waals surface area (Å²) in [6, 6.07) is 60.8. The molecule has 0 aromatic heterocycles. The number of fused-ring (bicyclic) bond motifs is 10. The van der Waals surface area contributed by atoms with Gasteiger partial charge in [-0.05, 0) is 110 Å². The fourth-order valence-electron chi connectivity index (χ4n) is 9.91. The molecular weight excluding hydrogens is 651 g/mol. The molecule has 0 saturated heterocycles. The molecule has 0 saturated carbocycles. The molecule has 10 rings (SSSR count). The van der Waals surface area contributed by atoms with E-state index in [1.807, 2.05) is 0 Å². The predicted octanol–water partition coefficient (Wildman–Crippen LogP) is 14.0. The standard InChI is InChI=1S/C53H41N/c1-5-18-46-38(6-2)40-22-11-15-26-47(40)53(46)48-27-16-12-24-42(48)44-32-30-37(34-50(44)53)54(51-28-17-13-21-39(51)35-19-8-7-9-20-35)36-29-31-43-41-23-10-14-25-45(41)52(3,4)49(43)33-36/h5-34H,2H2,1,3-4H3/b18-5-. The SMILES string of the molecule is C=CC1=C(/C=C\C)C2(c3ccccc31)c1ccccc1-c1ccc(N(c3ccc4c(c3)C(C)(C)c3ccccc3-4)c3ccccc3-c3ccccc3)cc12. The number of nitrogens with zero attached hydrogens (tertiary/aromatic N) is 1. The van der Waals surface area contributed by atoms with Crippen molar-refractivity contribution in [2.24, 2.45) is 0 Å². The lowest BCUT2D eigenvalue weighted by Crippen LogP contribution is -2.27. The van der Waals surface area contributed by atoms with E-state index >= 15 is 0 Å². The van der Waals surface area contributed by atoms with Gasteiger partial charge in [-0.3, -0.25) is 0 Å². The minimum absolute atomic E-state index is 0.128. The van der Waals surface area contributed by atoms with Crippen LogP contribution in [0.3, 0.4) is 0 Å². The topological polar surface area (TPSA) is 3.24 Å². The highest BCUT2D eigenvalue weighted by Crippen LogP contribution is 2.63. The molecule has 1 atom stereocenters. The highest BCUT2D eigenvalue weighted by Gasteiger charge is 2.52. The molecule has 0 bridgehead atoms. The molecule has 1 unspecified atom stereocenters. The Morgan fingerprint density at radius 3 is 1.65 bits per heavy atom. The van der Waals surface area contributed by atoms with E-state index in [9.17, 15) is 0 Å². The molecule has 0 N–H and O–H groups in total. The van der Waals surface area contributed by atoms with Gasteiger partial charge < -0.3 is 4.90 Å². The summed E-state index contributed by atoms with van der Waals surface area (Å²) in [5, 5.41) is 0. The lowest BCUT2D eigenvalue weighted by atomic mass is 9.69. The number of hydrogen-bond donors (Lipinski definition) is 0. The summed E-state index contributed by atoms with van der Waals surface area (Å²) < 4.78 is 0. The van der Waals surface area contributed by atoms with Gasteiger partial charge in [-0.25, -0.2) is 0 Å². The number of allylic oxidation sites excluding steroid dienone is 5. The molecule has 0 aliphatic heterocycles. The van der Waals surface area contributed by atoms with Gasteiger partial charge in [-0.15, -0.1) is 0 Å². The molecule has 54 heavy (non-hydrogen) atoms. The normalized spacial score (nSPS) is 16.9. The maximum atomic E-state index is 4.36. The van der Waals surface area contributed by atoms with Crippen LogP contribution in [0.2, 0.25) is 0 Å².